The van der Waals surface area contributed by atoms with Gasteiger partial charge >= 0.3 is 0 Å². The van der Waals surface area contributed by atoms with Gasteiger partial charge in [-0.05, 0) is 48.2 Å². The van der Waals surface area contributed by atoms with E-state index < -0.39 is 0 Å². The van der Waals surface area contributed by atoms with Crippen LogP contribution in [0.2, 0.25) is 5.02 Å². The quantitative estimate of drug-likeness (QED) is 0.755. The van der Waals surface area contributed by atoms with E-state index in [2.05, 4.69) is 0 Å². The van der Waals surface area contributed by atoms with Gasteiger partial charge in [-0.1, -0.05) is 29.8 Å². The van der Waals surface area contributed by atoms with Crippen LogP contribution in [-0.4, -0.2) is 5.78 Å². The van der Waals surface area contributed by atoms with Crippen molar-refractivity contribution in [1.29, 1.82) is 0 Å². The lowest BCUT2D eigenvalue weighted by molar-refractivity contribution is 0.0965. The molecule has 0 saturated heterocycles. The summed E-state index contributed by atoms with van der Waals surface area (Å²) in [6, 6.07) is 13.5. The number of hydrogen-bond acceptors (Lipinski definition) is 1. The molecule has 1 aliphatic carbocycles. The minimum absolute atomic E-state index is 0.0179. The topological polar surface area (TPSA) is 17.1 Å². The Balaban J connectivity index is 1.78. The molecule has 1 aliphatic rings. The van der Waals surface area contributed by atoms with E-state index in [-0.39, 0.29) is 23.4 Å². The molecule has 0 aromatic heterocycles. The molecule has 0 radical (unpaired) electrons. The highest BCUT2D eigenvalue weighted by molar-refractivity contribution is 6.30. The first-order valence-corrected chi connectivity index (χ1v) is 6.59. The van der Waals surface area contributed by atoms with Crippen LogP contribution in [0, 0.1) is 11.7 Å². The van der Waals surface area contributed by atoms with E-state index >= 15 is 0 Å². The van der Waals surface area contributed by atoms with E-state index in [0.717, 1.165) is 6.42 Å². The third kappa shape index (κ3) is 2.41. The minimum Gasteiger partial charge on any atom is -0.294 e. The third-order valence-electron chi connectivity index (χ3n) is 3.56. The SMILES string of the molecule is O=C(c1ccc(Cl)cc1)C1CC1c1ccccc1F. The van der Waals surface area contributed by atoms with E-state index in [1.807, 2.05) is 0 Å². The van der Waals surface area contributed by atoms with Gasteiger partial charge < -0.3 is 0 Å². The highest BCUT2D eigenvalue weighted by Gasteiger charge is 2.45. The summed E-state index contributed by atoms with van der Waals surface area (Å²) in [7, 11) is 0. The number of Topliss-reactive ketones (excluding diaryl/α,β-unsaturated/α-hetero) is 1. The van der Waals surface area contributed by atoms with E-state index in [1.54, 1.807) is 42.5 Å². The van der Waals surface area contributed by atoms with Gasteiger partial charge in [0.1, 0.15) is 5.82 Å². The molecule has 2 aromatic rings. The molecule has 0 heterocycles. The molecule has 2 unspecified atom stereocenters. The second-order valence-corrected chi connectivity index (χ2v) is 5.28. The first-order chi connectivity index (χ1) is 9.16. The standard InChI is InChI=1S/C16H12ClFO/c17-11-7-5-10(6-8-11)16(19)14-9-13(14)12-3-1-2-4-15(12)18/h1-8,13-14H,9H2. The maximum absolute atomic E-state index is 13.6. The first-order valence-electron chi connectivity index (χ1n) is 6.21. The molecular weight excluding hydrogens is 263 g/mol. The lowest BCUT2D eigenvalue weighted by atomic mass is 10.0. The van der Waals surface area contributed by atoms with Crippen LogP contribution in [0.25, 0.3) is 0 Å². The predicted octanol–water partition coefficient (Wildman–Crippen LogP) is 4.47. The number of carbonyl (C=O) groups excluding carboxylic acids is 1. The minimum atomic E-state index is -0.223. The molecular formula is C16H12ClFO. The highest BCUT2D eigenvalue weighted by Crippen LogP contribution is 2.49. The van der Waals surface area contributed by atoms with Crippen molar-refractivity contribution in [3.05, 3.63) is 70.5 Å². The fourth-order valence-electron chi connectivity index (χ4n) is 2.43. The van der Waals surface area contributed by atoms with Gasteiger partial charge in [-0.2, -0.15) is 0 Å². The molecule has 1 fully saturated rings. The van der Waals surface area contributed by atoms with Gasteiger partial charge in [-0.3, -0.25) is 4.79 Å². The number of hydrogen-bond donors (Lipinski definition) is 0. The van der Waals surface area contributed by atoms with Crippen molar-refractivity contribution in [2.45, 2.75) is 12.3 Å². The van der Waals surface area contributed by atoms with Gasteiger partial charge in [-0.15, -0.1) is 0 Å². The number of ketones is 1. The van der Waals surface area contributed by atoms with Gasteiger partial charge in [0.2, 0.25) is 0 Å². The molecule has 2 aromatic carbocycles. The van der Waals surface area contributed by atoms with Crippen LogP contribution in [0.1, 0.15) is 28.3 Å². The zero-order chi connectivity index (χ0) is 13.4. The molecule has 96 valence electrons. The molecule has 2 atom stereocenters. The van der Waals surface area contributed by atoms with Gasteiger partial charge in [0.05, 0.1) is 0 Å². The number of carbonyl (C=O) groups is 1. The van der Waals surface area contributed by atoms with Crippen LogP contribution in [0.3, 0.4) is 0 Å². The second kappa shape index (κ2) is 4.78. The predicted molar refractivity (Wildman–Crippen MR) is 73.0 cm³/mol. The maximum Gasteiger partial charge on any atom is 0.166 e. The molecule has 0 amide bonds. The summed E-state index contributed by atoms with van der Waals surface area (Å²) in [5, 5.41) is 0.609. The molecule has 1 saturated carbocycles. The summed E-state index contributed by atoms with van der Waals surface area (Å²) in [6.07, 6.45) is 0.725. The Morgan fingerprint density at radius 1 is 1.11 bits per heavy atom. The highest BCUT2D eigenvalue weighted by atomic mass is 35.5. The average Bonchev–Trinajstić information content (AvgIpc) is 3.19. The van der Waals surface area contributed by atoms with Gasteiger partial charge in [0, 0.05) is 16.5 Å². The lowest BCUT2D eigenvalue weighted by Gasteiger charge is -2.02. The van der Waals surface area contributed by atoms with Crippen molar-refractivity contribution in [2.75, 3.05) is 0 Å². The van der Waals surface area contributed by atoms with Crippen molar-refractivity contribution >= 4 is 17.4 Å². The van der Waals surface area contributed by atoms with Crippen molar-refractivity contribution in [2.24, 2.45) is 5.92 Å². The average molecular weight is 275 g/mol. The summed E-state index contributed by atoms with van der Waals surface area (Å²) in [5.74, 6) is -0.230. The zero-order valence-electron chi connectivity index (χ0n) is 10.1. The Bertz CT molecular complexity index is 621. The summed E-state index contributed by atoms with van der Waals surface area (Å²) < 4.78 is 13.6. The molecule has 0 spiro atoms. The lowest BCUT2D eigenvalue weighted by Crippen LogP contribution is -2.03. The van der Waals surface area contributed by atoms with Crippen molar-refractivity contribution in [3.63, 3.8) is 0 Å². The summed E-state index contributed by atoms with van der Waals surface area (Å²) >= 11 is 5.80. The third-order valence-corrected chi connectivity index (χ3v) is 3.81. The molecule has 3 rings (SSSR count). The van der Waals surface area contributed by atoms with Crippen LogP contribution in [-0.2, 0) is 0 Å². The Hall–Kier alpha value is -1.67. The van der Waals surface area contributed by atoms with Crippen LogP contribution < -0.4 is 0 Å². The van der Waals surface area contributed by atoms with Crippen LogP contribution in [0.15, 0.2) is 48.5 Å². The second-order valence-electron chi connectivity index (χ2n) is 4.84. The van der Waals surface area contributed by atoms with E-state index in [0.29, 0.717) is 16.1 Å². The molecule has 19 heavy (non-hydrogen) atoms. The monoisotopic (exact) mass is 274 g/mol. The Kier molecular flexibility index (Phi) is 3.11. The van der Waals surface area contributed by atoms with Gasteiger partial charge in [-0.25, -0.2) is 4.39 Å². The van der Waals surface area contributed by atoms with E-state index in [1.165, 1.54) is 6.07 Å². The summed E-state index contributed by atoms with van der Waals surface area (Å²) in [4.78, 5) is 12.2. The normalized spacial score (nSPS) is 21.2. The van der Waals surface area contributed by atoms with Gasteiger partial charge in [0.15, 0.2) is 5.78 Å². The summed E-state index contributed by atoms with van der Waals surface area (Å²) in [6.45, 7) is 0. The molecule has 0 aliphatic heterocycles. The van der Waals surface area contributed by atoms with Crippen LogP contribution in [0.4, 0.5) is 4.39 Å². The smallest absolute Gasteiger partial charge is 0.166 e. The van der Waals surface area contributed by atoms with E-state index in [4.69, 9.17) is 11.6 Å². The molecule has 3 heteroatoms. The zero-order valence-corrected chi connectivity index (χ0v) is 10.9. The number of benzene rings is 2. The Morgan fingerprint density at radius 3 is 2.47 bits per heavy atom. The first kappa shape index (κ1) is 12.4. The van der Waals surface area contributed by atoms with Gasteiger partial charge in [0.25, 0.3) is 0 Å². The van der Waals surface area contributed by atoms with E-state index in [9.17, 15) is 9.18 Å². The van der Waals surface area contributed by atoms with Crippen LogP contribution >= 0.6 is 11.6 Å². The molecule has 0 bridgehead atoms. The number of rotatable bonds is 3. The van der Waals surface area contributed by atoms with Crippen LogP contribution in [0.5, 0.6) is 0 Å². The fraction of sp³-hybridized carbons (Fsp3) is 0.188. The molecule has 1 nitrogen and oxygen atoms in total. The maximum atomic E-state index is 13.6. The summed E-state index contributed by atoms with van der Waals surface area (Å²) in [5.41, 5.74) is 1.29. The number of halogens is 2. The van der Waals surface area contributed by atoms with Crippen molar-refractivity contribution in [3.8, 4) is 0 Å². The Labute approximate surface area is 116 Å². The van der Waals surface area contributed by atoms with Crippen molar-refractivity contribution < 1.29 is 9.18 Å². The van der Waals surface area contributed by atoms with Crippen molar-refractivity contribution in [1.82, 2.24) is 0 Å². The fourth-order valence-corrected chi connectivity index (χ4v) is 2.56. The Morgan fingerprint density at radius 2 is 1.79 bits per heavy atom. The largest absolute Gasteiger partial charge is 0.294 e. The molecule has 0 N–H and O–H groups in total.